The molecule has 0 saturated carbocycles. The van der Waals surface area contributed by atoms with Gasteiger partial charge in [-0.3, -0.25) is 0 Å². The molecule has 0 atom stereocenters. The summed E-state index contributed by atoms with van der Waals surface area (Å²) >= 11 is 0. The van der Waals surface area contributed by atoms with Gasteiger partial charge in [0.2, 0.25) is 5.88 Å². The number of ether oxygens (including phenoxy) is 2. The van der Waals surface area contributed by atoms with Crippen molar-refractivity contribution in [3.05, 3.63) is 41.7 Å². The fourth-order valence-corrected chi connectivity index (χ4v) is 1.94. The molecule has 1 aromatic carbocycles. The second-order valence-corrected chi connectivity index (χ2v) is 4.57. The third-order valence-corrected chi connectivity index (χ3v) is 2.85. The van der Waals surface area contributed by atoms with Crippen LogP contribution in [-0.2, 0) is 17.8 Å². The van der Waals surface area contributed by atoms with Gasteiger partial charge in [-0.05, 0) is 24.6 Å². The zero-order valence-electron chi connectivity index (χ0n) is 12.7. The van der Waals surface area contributed by atoms with E-state index in [1.807, 2.05) is 44.2 Å². The topological polar surface area (TPSA) is 56.3 Å². The molecule has 0 amide bonds. The lowest BCUT2D eigenvalue weighted by molar-refractivity contribution is 0.184. The molecule has 0 aliphatic carbocycles. The van der Waals surface area contributed by atoms with Crippen molar-refractivity contribution in [1.82, 2.24) is 9.97 Å². The summed E-state index contributed by atoms with van der Waals surface area (Å²) in [6, 6.07) is 9.60. The van der Waals surface area contributed by atoms with Crippen molar-refractivity contribution in [2.45, 2.75) is 26.9 Å². The van der Waals surface area contributed by atoms with Crippen LogP contribution in [0, 0.1) is 0 Å². The first kappa shape index (κ1) is 15.3. The van der Waals surface area contributed by atoms with Crippen molar-refractivity contribution < 1.29 is 9.47 Å². The fourth-order valence-electron chi connectivity index (χ4n) is 1.94. The third kappa shape index (κ3) is 4.43. The van der Waals surface area contributed by atoms with Crippen LogP contribution in [-0.4, -0.2) is 23.6 Å². The van der Waals surface area contributed by atoms with Crippen LogP contribution in [0.2, 0.25) is 0 Å². The number of aromatic nitrogens is 2. The lowest BCUT2D eigenvalue weighted by Crippen LogP contribution is -2.04. The van der Waals surface area contributed by atoms with Gasteiger partial charge in [0.1, 0.15) is 17.4 Å². The standard InChI is InChI=1S/C16H21N3O2/c1-4-14-18-15(17-5-2)10-16(19-14)21-13-8-6-7-12(9-13)11-20-3/h6-10H,4-5,11H2,1-3H3,(H,17,18,19). The van der Waals surface area contributed by atoms with Gasteiger partial charge in [-0.15, -0.1) is 0 Å². The predicted octanol–water partition coefficient (Wildman–Crippen LogP) is 3.41. The molecular weight excluding hydrogens is 266 g/mol. The summed E-state index contributed by atoms with van der Waals surface area (Å²) < 4.78 is 11.0. The number of nitrogens with one attached hydrogen (secondary N) is 1. The molecule has 112 valence electrons. The van der Waals surface area contributed by atoms with Crippen molar-refractivity contribution in [1.29, 1.82) is 0 Å². The number of hydrogen-bond acceptors (Lipinski definition) is 5. The third-order valence-electron chi connectivity index (χ3n) is 2.85. The highest BCUT2D eigenvalue weighted by Gasteiger charge is 2.06. The van der Waals surface area contributed by atoms with E-state index in [2.05, 4.69) is 15.3 Å². The molecule has 21 heavy (non-hydrogen) atoms. The highest BCUT2D eigenvalue weighted by atomic mass is 16.5. The molecule has 1 N–H and O–H groups in total. The van der Waals surface area contributed by atoms with Gasteiger partial charge in [0.05, 0.1) is 6.61 Å². The van der Waals surface area contributed by atoms with Crippen molar-refractivity contribution in [3.8, 4) is 11.6 Å². The van der Waals surface area contributed by atoms with Gasteiger partial charge in [-0.25, -0.2) is 4.98 Å². The summed E-state index contributed by atoms with van der Waals surface area (Å²) in [5.41, 5.74) is 1.06. The van der Waals surface area contributed by atoms with Crippen LogP contribution >= 0.6 is 0 Å². The average Bonchev–Trinajstić information content (AvgIpc) is 2.48. The Morgan fingerprint density at radius 1 is 1.14 bits per heavy atom. The van der Waals surface area contributed by atoms with Crippen LogP contribution in [0.4, 0.5) is 5.82 Å². The van der Waals surface area contributed by atoms with Gasteiger partial charge in [-0.1, -0.05) is 19.1 Å². The molecule has 0 aliphatic heterocycles. The van der Waals surface area contributed by atoms with Crippen LogP contribution in [0.15, 0.2) is 30.3 Å². The molecule has 5 nitrogen and oxygen atoms in total. The van der Waals surface area contributed by atoms with E-state index in [1.165, 1.54) is 0 Å². The van der Waals surface area contributed by atoms with Crippen molar-refractivity contribution in [2.75, 3.05) is 19.0 Å². The zero-order valence-corrected chi connectivity index (χ0v) is 12.7. The van der Waals surface area contributed by atoms with Crippen molar-refractivity contribution in [3.63, 3.8) is 0 Å². The van der Waals surface area contributed by atoms with E-state index in [0.29, 0.717) is 12.5 Å². The van der Waals surface area contributed by atoms with E-state index in [-0.39, 0.29) is 0 Å². The van der Waals surface area contributed by atoms with Gasteiger partial charge in [0.25, 0.3) is 0 Å². The quantitative estimate of drug-likeness (QED) is 0.845. The van der Waals surface area contributed by atoms with E-state index in [4.69, 9.17) is 9.47 Å². The Labute approximate surface area is 125 Å². The minimum Gasteiger partial charge on any atom is -0.439 e. The number of benzene rings is 1. The average molecular weight is 287 g/mol. The van der Waals surface area contributed by atoms with Gasteiger partial charge >= 0.3 is 0 Å². The molecule has 1 aromatic heterocycles. The SMILES string of the molecule is CCNc1cc(Oc2cccc(COC)c2)nc(CC)n1. The maximum Gasteiger partial charge on any atom is 0.224 e. The van der Waals surface area contributed by atoms with Crippen LogP contribution in [0.1, 0.15) is 25.2 Å². The second kappa shape index (κ2) is 7.59. The number of hydrogen-bond donors (Lipinski definition) is 1. The van der Waals surface area contributed by atoms with E-state index >= 15 is 0 Å². The molecule has 0 saturated heterocycles. The summed E-state index contributed by atoms with van der Waals surface area (Å²) in [4.78, 5) is 8.81. The first-order valence-corrected chi connectivity index (χ1v) is 7.12. The van der Waals surface area contributed by atoms with Crippen LogP contribution in [0.25, 0.3) is 0 Å². The van der Waals surface area contributed by atoms with E-state index in [0.717, 1.165) is 35.9 Å². The minimum atomic E-state index is 0.548. The molecule has 0 radical (unpaired) electrons. The first-order chi connectivity index (χ1) is 10.2. The Morgan fingerprint density at radius 2 is 2.00 bits per heavy atom. The molecule has 0 spiro atoms. The number of aryl methyl sites for hydroxylation is 1. The minimum absolute atomic E-state index is 0.548. The maximum atomic E-state index is 5.85. The maximum absolute atomic E-state index is 5.85. The lowest BCUT2D eigenvalue weighted by Gasteiger charge is -2.10. The summed E-state index contributed by atoms with van der Waals surface area (Å²) in [5.74, 6) is 2.84. The Bertz CT molecular complexity index is 587. The van der Waals surface area contributed by atoms with Crippen LogP contribution in [0.3, 0.4) is 0 Å². The van der Waals surface area contributed by atoms with Crippen molar-refractivity contribution in [2.24, 2.45) is 0 Å². The van der Waals surface area contributed by atoms with Gasteiger partial charge in [-0.2, -0.15) is 4.98 Å². The smallest absolute Gasteiger partial charge is 0.224 e. The first-order valence-electron chi connectivity index (χ1n) is 7.12. The predicted molar refractivity (Wildman–Crippen MR) is 82.8 cm³/mol. The highest BCUT2D eigenvalue weighted by Crippen LogP contribution is 2.23. The monoisotopic (exact) mass is 287 g/mol. The normalized spacial score (nSPS) is 10.4. The lowest BCUT2D eigenvalue weighted by atomic mass is 10.2. The van der Waals surface area contributed by atoms with Gasteiger partial charge in [0.15, 0.2) is 0 Å². The molecule has 5 heteroatoms. The molecule has 0 bridgehead atoms. The Hall–Kier alpha value is -2.14. The Balaban J connectivity index is 2.21. The van der Waals surface area contributed by atoms with E-state index < -0.39 is 0 Å². The summed E-state index contributed by atoms with van der Waals surface area (Å²) in [6.45, 7) is 5.42. The summed E-state index contributed by atoms with van der Waals surface area (Å²) in [5, 5.41) is 3.19. The van der Waals surface area contributed by atoms with Crippen LogP contribution < -0.4 is 10.1 Å². The Kier molecular flexibility index (Phi) is 5.51. The van der Waals surface area contributed by atoms with Gasteiger partial charge < -0.3 is 14.8 Å². The van der Waals surface area contributed by atoms with Gasteiger partial charge in [0, 0.05) is 26.1 Å². The molecule has 0 fully saturated rings. The summed E-state index contributed by atoms with van der Waals surface area (Å²) in [6.07, 6.45) is 0.763. The zero-order chi connectivity index (χ0) is 15.1. The Morgan fingerprint density at radius 3 is 2.71 bits per heavy atom. The molecular formula is C16H21N3O2. The molecule has 0 aliphatic rings. The summed E-state index contributed by atoms with van der Waals surface area (Å²) in [7, 11) is 1.67. The van der Waals surface area contributed by atoms with Crippen LogP contribution in [0.5, 0.6) is 11.6 Å². The fraction of sp³-hybridized carbons (Fsp3) is 0.375. The largest absolute Gasteiger partial charge is 0.439 e. The van der Waals surface area contributed by atoms with E-state index in [1.54, 1.807) is 7.11 Å². The number of anilines is 1. The molecule has 2 rings (SSSR count). The second-order valence-electron chi connectivity index (χ2n) is 4.57. The van der Waals surface area contributed by atoms with E-state index in [9.17, 15) is 0 Å². The molecule has 0 unspecified atom stereocenters. The number of rotatable bonds is 7. The number of nitrogens with zero attached hydrogens (tertiary/aromatic N) is 2. The van der Waals surface area contributed by atoms with Crippen molar-refractivity contribution >= 4 is 5.82 Å². The number of methoxy groups -OCH3 is 1. The molecule has 2 aromatic rings. The highest BCUT2D eigenvalue weighted by molar-refractivity contribution is 5.40. The molecule has 1 heterocycles.